The van der Waals surface area contributed by atoms with Gasteiger partial charge in [0.2, 0.25) is 0 Å². The number of alkyl halides is 3. The summed E-state index contributed by atoms with van der Waals surface area (Å²) in [5, 5.41) is 14.3. The van der Waals surface area contributed by atoms with Gasteiger partial charge in [-0.3, -0.25) is 10.1 Å². The van der Waals surface area contributed by atoms with Crippen molar-refractivity contribution in [1.29, 1.82) is 0 Å². The number of nitro benzene ring substituents is 1. The Morgan fingerprint density at radius 3 is 2.39 bits per heavy atom. The van der Waals surface area contributed by atoms with E-state index >= 15 is 0 Å². The Bertz CT molecular complexity index is 819. The van der Waals surface area contributed by atoms with E-state index in [2.05, 4.69) is 5.32 Å². The molecule has 1 saturated heterocycles. The van der Waals surface area contributed by atoms with E-state index in [1.165, 1.54) is 0 Å². The predicted octanol–water partition coefficient (Wildman–Crippen LogP) is 4.45. The molecule has 150 valence electrons. The molecule has 0 radical (unpaired) electrons. The summed E-state index contributed by atoms with van der Waals surface area (Å²) in [6.45, 7) is 1.87. The SMILES string of the molecule is O=[N+]([O-])c1cc(COCC2(c3ccccc3)CCNCC2)cc(C(F)(F)F)c1. The van der Waals surface area contributed by atoms with Gasteiger partial charge >= 0.3 is 6.18 Å². The highest BCUT2D eigenvalue weighted by molar-refractivity contribution is 5.40. The van der Waals surface area contributed by atoms with Crippen LogP contribution in [0.4, 0.5) is 18.9 Å². The lowest BCUT2D eigenvalue weighted by atomic mass is 9.74. The number of hydrogen-bond acceptors (Lipinski definition) is 4. The first-order valence-electron chi connectivity index (χ1n) is 9.00. The fraction of sp³-hybridized carbons (Fsp3) is 0.400. The molecule has 2 aromatic rings. The highest BCUT2D eigenvalue weighted by atomic mass is 19.4. The Kier molecular flexibility index (Phi) is 6.00. The Balaban J connectivity index is 1.77. The van der Waals surface area contributed by atoms with Gasteiger partial charge in [-0.05, 0) is 43.1 Å². The third-order valence-corrected chi connectivity index (χ3v) is 5.11. The van der Waals surface area contributed by atoms with Crippen molar-refractivity contribution in [3.05, 3.63) is 75.3 Å². The molecule has 0 bridgehead atoms. The number of ether oxygens (including phenoxy) is 1. The van der Waals surface area contributed by atoms with Crippen LogP contribution >= 0.6 is 0 Å². The lowest BCUT2D eigenvalue weighted by Gasteiger charge is -2.38. The summed E-state index contributed by atoms with van der Waals surface area (Å²) >= 11 is 0. The number of hydrogen-bond donors (Lipinski definition) is 1. The van der Waals surface area contributed by atoms with Crippen LogP contribution in [0.3, 0.4) is 0 Å². The minimum atomic E-state index is -4.65. The molecule has 3 rings (SSSR count). The molecule has 8 heteroatoms. The second kappa shape index (κ2) is 8.28. The molecule has 0 spiro atoms. The first kappa shape index (κ1) is 20.3. The van der Waals surface area contributed by atoms with Crippen LogP contribution in [-0.2, 0) is 22.9 Å². The van der Waals surface area contributed by atoms with E-state index in [4.69, 9.17) is 4.74 Å². The lowest BCUT2D eigenvalue weighted by Crippen LogP contribution is -2.43. The summed E-state index contributed by atoms with van der Waals surface area (Å²) in [5.41, 5.74) is -0.585. The van der Waals surface area contributed by atoms with Crippen LogP contribution in [0, 0.1) is 10.1 Å². The van der Waals surface area contributed by atoms with Gasteiger partial charge in [0.1, 0.15) is 0 Å². The molecule has 1 N–H and O–H groups in total. The fourth-order valence-corrected chi connectivity index (χ4v) is 3.60. The summed E-state index contributed by atoms with van der Waals surface area (Å²) in [5.74, 6) is 0. The fourth-order valence-electron chi connectivity index (χ4n) is 3.60. The molecular formula is C20H21F3N2O3. The monoisotopic (exact) mass is 394 g/mol. The Labute approximate surface area is 160 Å². The number of non-ortho nitro benzene ring substituents is 1. The number of nitro groups is 1. The van der Waals surface area contributed by atoms with Crippen molar-refractivity contribution in [3.8, 4) is 0 Å². The molecule has 5 nitrogen and oxygen atoms in total. The molecule has 0 saturated carbocycles. The first-order chi connectivity index (χ1) is 13.3. The molecule has 0 amide bonds. The maximum Gasteiger partial charge on any atom is 0.416 e. The van der Waals surface area contributed by atoms with Crippen molar-refractivity contribution < 1.29 is 22.8 Å². The van der Waals surface area contributed by atoms with Gasteiger partial charge in [-0.2, -0.15) is 13.2 Å². The topological polar surface area (TPSA) is 64.4 Å². The summed E-state index contributed by atoms with van der Waals surface area (Å²) in [6.07, 6.45) is -2.96. The van der Waals surface area contributed by atoms with Gasteiger partial charge in [0.25, 0.3) is 5.69 Å². The minimum Gasteiger partial charge on any atom is -0.376 e. The first-order valence-corrected chi connectivity index (χ1v) is 9.00. The number of piperidine rings is 1. The van der Waals surface area contributed by atoms with Gasteiger partial charge in [-0.25, -0.2) is 0 Å². The summed E-state index contributed by atoms with van der Waals surface area (Å²) in [4.78, 5) is 10.2. The zero-order valence-electron chi connectivity index (χ0n) is 15.2. The summed E-state index contributed by atoms with van der Waals surface area (Å²) < 4.78 is 44.9. The Hall–Kier alpha value is -2.45. The largest absolute Gasteiger partial charge is 0.416 e. The van der Waals surface area contributed by atoms with E-state index in [-0.39, 0.29) is 17.6 Å². The van der Waals surface area contributed by atoms with Crippen LogP contribution in [0.1, 0.15) is 29.5 Å². The van der Waals surface area contributed by atoms with Crippen LogP contribution < -0.4 is 5.32 Å². The number of halogens is 3. The normalized spacial score (nSPS) is 16.7. The van der Waals surface area contributed by atoms with Crippen LogP contribution in [0.2, 0.25) is 0 Å². The quantitative estimate of drug-likeness (QED) is 0.581. The average Bonchev–Trinajstić information content (AvgIpc) is 2.68. The second-order valence-electron chi connectivity index (χ2n) is 7.03. The van der Waals surface area contributed by atoms with Crippen LogP contribution in [0.25, 0.3) is 0 Å². The molecule has 0 aromatic heterocycles. The third kappa shape index (κ3) is 4.69. The van der Waals surface area contributed by atoms with Gasteiger partial charge in [0, 0.05) is 17.5 Å². The van der Waals surface area contributed by atoms with Crippen molar-refractivity contribution in [3.63, 3.8) is 0 Å². The number of nitrogens with one attached hydrogen (secondary N) is 1. The Morgan fingerprint density at radius 2 is 1.79 bits per heavy atom. The maximum absolute atomic E-state index is 13.0. The number of nitrogens with zero attached hydrogens (tertiary/aromatic N) is 1. The molecule has 28 heavy (non-hydrogen) atoms. The summed E-state index contributed by atoms with van der Waals surface area (Å²) in [7, 11) is 0. The molecule has 1 aliphatic heterocycles. The third-order valence-electron chi connectivity index (χ3n) is 5.11. The molecule has 1 aliphatic rings. The van der Waals surface area contributed by atoms with Crippen LogP contribution in [-0.4, -0.2) is 24.6 Å². The van der Waals surface area contributed by atoms with Gasteiger partial charge in [-0.1, -0.05) is 30.3 Å². The van der Waals surface area contributed by atoms with Crippen molar-refractivity contribution in [1.82, 2.24) is 5.32 Å². The van der Waals surface area contributed by atoms with Gasteiger partial charge < -0.3 is 10.1 Å². The van der Waals surface area contributed by atoms with E-state index in [0.717, 1.165) is 43.6 Å². The van der Waals surface area contributed by atoms with Gasteiger partial charge in [0.05, 0.1) is 23.7 Å². The minimum absolute atomic E-state index is 0.118. The predicted molar refractivity (Wildman–Crippen MR) is 98.0 cm³/mol. The summed E-state index contributed by atoms with van der Waals surface area (Å²) in [6, 6.07) is 12.5. The van der Waals surface area contributed by atoms with Gasteiger partial charge in [0.15, 0.2) is 0 Å². The van der Waals surface area contributed by atoms with E-state index < -0.39 is 22.4 Å². The highest BCUT2D eigenvalue weighted by Gasteiger charge is 2.35. The van der Waals surface area contributed by atoms with Crippen LogP contribution in [0.5, 0.6) is 0 Å². The molecule has 1 heterocycles. The molecule has 0 atom stereocenters. The molecule has 0 unspecified atom stereocenters. The number of rotatable bonds is 6. The van der Waals surface area contributed by atoms with E-state index in [0.29, 0.717) is 12.7 Å². The average molecular weight is 394 g/mol. The number of benzene rings is 2. The molecule has 1 fully saturated rings. The van der Waals surface area contributed by atoms with E-state index in [1.807, 2.05) is 30.3 Å². The zero-order valence-corrected chi connectivity index (χ0v) is 15.2. The second-order valence-corrected chi connectivity index (χ2v) is 7.03. The highest BCUT2D eigenvalue weighted by Crippen LogP contribution is 2.35. The molecule has 0 aliphatic carbocycles. The van der Waals surface area contributed by atoms with Crippen molar-refractivity contribution in [2.75, 3.05) is 19.7 Å². The standard InChI is InChI=1S/C20H21F3N2O3/c21-20(22,23)17-10-15(11-18(12-17)25(26)27)13-28-14-19(6-8-24-9-7-19)16-4-2-1-3-5-16/h1-5,10-12,24H,6-9,13-14H2. The van der Waals surface area contributed by atoms with E-state index in [1.54, 1.807) is 0 Å². The van der Waals surface area contributed by atoms with Crippen molar-refractivity contribution in [2.45, 2.75) is 31.0 Å². The van der Waals surface area contributed by atoms with Crippen molar-refractivity contribution >= 4 is 5.69 Å². The lowest BCUT2D eigenvalue weighted by molar-refractivity contribution is -0.385. The van der Waals surface area contributed by atoms with Crippen molar-refractivity contribution in [2.24, 2.45) is 0 Å². The zero-order chi connectivity index (χ0) is 20.2. The smallest absolute Gasteiger partial charge is 0.376 e. The van der Waals surface area contributed by atoms with Gasteiger partial charge in [-0.15, -0.1) is 0 Å². The van der Waals surface area contributed by atoms with Crippen LogP contribution in [0.15, 0.2) is 48.5 Å². The molecule has 2 aromatic carbocycles. The maximum atomic E-state index is 13.0. The molecular weight excluding hydrogens is 373 g/mol. The van der Waals surface area contributed by atoms with E-state index in [9.17, 15) is 23.3 Å². The Morgan fingerprint density at radius 1 is 1.11 bits per heavy atom.